The van der Waals surface area contributed by atoms with E-state index >= 15 is 0 Å². The summed E-state index contributed by atoms with van der Waals surface area (Å²) in [6.07, 6.45) is 4.45. The van der Waals surface area contributed by atoms with E-state index in [1.54, 1.807) is 12.5 Å². The predicted molar refractivity (Wildman–Crippen MR) is 66.2 cm³/mol. The van der Waals surface area contributed by atoms with Crippen LogP contribution in [0.25, 0.3) is 0 Å². The molecule has 1 unspecified atom stereocenters. The first kappa shape index (κ1) is 11.2. The van der Waals surface area contributed by atoms with Crippen LogP contribution in [-0.4, -0.2) is 23.1 Å². The number of hydrogen-bond donors (Lipinski definition) is 1. The van der Waals surface area contributed by atoms with Crippen molar-refractivity contribution in [2.75, 3.05) is 23.7 Å². The van der Waals surface area contributed by atoms with Crippen molar-refractivity contribution in [2.45, 2.75) is 27.2 Å². The second-order valence-electron chi connectivity index (χ2n) is 5.60. The van der Waals surface area contributed by atoms with Gasteiger partial charge >= 0.3 is 0 Å². The number of hydrogen-bond acceptors (Lipinski definition) is 4. The third-order valence-corrected chi connectivity index (χ3v) is 3.43. The van der Waals surface area contributed by atoms with Gasteiger partial charge in [0, 0.05) is 13.1 Å². The van der Waals surface area contributed by atoms with Gasteiger partial charge in [-0.2, -0.15) is 0 Å². The molecule has 0 saturated carbocycles. The molecule has 0 radical (unpaired) electrons. The number of anilines is 2. The summed E-state index contributed by atoms with van der Waals surface area (Å²) in [4.78, 5) is 10.5. The van der Waals surface area contributed by atoms with Gasteiger partial charge in [-0.15, -0.1) is 0 Å². The van der Waals surface area contributed by atoms with Gasteiger partial charge in [0.25, 0.3) is 0 Å². The molecule has 4 nitrogen and oxygen atoms in total. The molecule has 1 aromatic heterocycles. The Labute approximate surface area is 96.9 Å². The first-order valence-corrected chi connectivity index (χ1v) is 5.79. The van der Waals surface area contributed by atoms with E-state index in [1.807, 2.05) is 0 Å². The summed E-state index contributed by atoms with van der Waals surface area (Å²) < 4.78 is 0. The van der Waals surface area contributed by atoms with Crippen LogP contribution in [0.5, 0.6) is 0 Å². The van der Waals surface area contributed by atoms with Gasteiger partial charge in [-0.25, -0.2) is 9.97 Å². The van der Waals surface area contributed by atoms with Crippen LogP contribution >= 0.6 is 0 Å². The predicted octanol–water partition coefficient (Wildman–Crippen LogP) is 1.93. The zero-order chi connectivity index (χ0) is 11.8. The highest BCUT2D eigenvalue weighted by atomic mass is 15.2. The highest BCUT2D eigenvalue weighted by Crippen LogP contribution is 2.36. The minimum Gasteiger partial charge on any atom is -0.394 e. The van der Waals surface area contributed by atoms with E-state index in [0.29, 0.717) is 17.0 Å². The average Bonchev–Trinajstić information content (AvgIpc) is 2.66. The highest BCUT2D eigenvalue weighted by Gasteiger charge is 2.32. The second kappa shape index (κ2) is 3.92. The van der Waals surface area contributed by atoms with Crippen LogP contribution in [-0.2, 0) is 0 Å². The first-order valence-electron chi connectivity index (χ1n) is 5.79. The van der Waals surface area contributed by atoms with Crippen molar-refractivity contribution < 1.29 is 0 Å². The van der Waals surface area contributed by atoms with Crippen molar-refractivity contribution in [3.63, 3.8) is 0 Å². The molecule has 88 valence electrons. The van der Waals surface area contributed by atoms with Gasteiger partial charge in [-0.05, 0) is 17.8 Å². The van der Waals surface area contributed by atoms with E-state index < -0.39 is 0 Å². The van der Waals surface area contributed by atoms with E-state index in [2.05, 4.69) is 35.6 Å². The number of rotatable bonds is 1. The lowest BCUT2D eigenvalue weighted by molar-refractivity contribution is 0.263. The number of nitrogens with two attached hydrogens (primary N) is 1. The maximum absolute atomic E-state index is 5.89. The van der Waals surface area contributed by atoms with Crippen LogP contribution in [0.1, 0.15) is 27.2 Å². The summed E-state index contributed by atoms with van der Waals surface area (Å²) in [5.74, 6) is 1.60. The van der Waals surface area contributed by atoms with Gasteiger partial charge in [-0.1, -0.05) is 20.8 Å². The summed E-state index contributed by atoms with van der Waals surface area (Å²) in [6, 6.07) is 0. The Morgan fingerprint density at radius 3 is 2.75 bits per heavy atom. The van der Waals surface area contributed by atoms with Crippen molar-refractivity contribution in [2.24, 2.45) is 11.3 Å². The quantitative estimate of drug-likeness (QED) is 0.785. The Balaban J connectivity index is 2.13. The summed E-state index contributed by atoms with van der Waals surface area (Å²) >= 11 is 0. The molecular formula is C12H20N4. The molecule has 0 aliphatic carbocycles. The maximum Gasteiger partial charge on any atom is 0.155 e. The summed E-state index contributed by atoms with van der Waals surface area (Å²) in [7, 11) is 0. The van der Waals surface area contributed by atoms with Crippen molar-refractivity contribution in [1.82, 2.24) is 9.97 Å². The highest BCUT2D eigenvalue weighted by molar-refractivity contribution is 5.61. The summed E-state index contributed by atoms with van der Waals surface area (Å²) in [6.45, 7) is 8.98. The van der Waals surface area contributed by atoms with Gasteiger partial charge in [0.1, 0.15) is 6.33 Å². The molecule has 1 saturated heterocycles. The molecule has 2 N–H and O–H groups in total. The molecule has 1 atom stereocenters. The molecule has 2 rings (SSSR count). The lowest BCUT2D eigenvalue weighted by Crippen LogP contribution is -2.26. The third kappa shape index (κ3) is 2.10. The molecule has 1 aliphatic heterocycles. The molecule has 0 amide bonds. The molecule has 1 aromatic rings. The molecule has 2 heterocycles. The van der Waals surface area contributed by atoms with E-state index in [0.717, 1.165) is 18.9 Å². The molecule has 4 heteroatoms. The van der Waals surface area contributed by atoms with E-state index in [9.17, 15) is 0 Å². The Morgan fingerprint density at radius 1 is 1.44 bits per heavy atom. The molecule has 0 bridgehead atoms. The van der Waals surface area contributed by atoms with Gasteiger partial charge in [-0.3, -0.25) is 0 Å². The van der Waals surface area contributed by atoms with Crippen LogP contribution in [0.15, 0.2) is 12.5 Å². The average molecular weight is 220 g/mol. The largest absolute Gasteiger partial charge is 0.394 e. The zero-order valence-corrected chi connectivity index (χ0v) is 10.3. The summed E-state index contributed by atoms with van der Waals surface area (Å²) in [5, 5.41) is 0. The first-order chi connectivity index (χ1) is 7.48. The molecular weight excluding hydrogens is 200 g/mol. The normalized spacial score (nSPS) is 21.4. The maximum atomic E-state index is 5.89. The Hall–Kier alpha value is -1.32. The molecule has 16 heavy (non-hydrogen) atoms. The lowest BCUT2D eigenvalue weighted by atomic mass is 9.80. The van der Waals surface area contributed by atoms with E-state index in [4.69, 9.17) is 5.73 Å². The monoisotopic (exact) mass is 220 g/mol. The minimum atomic E-state index is 0.358. The van der Waals surface area contributed by atoms with Crippen LogP contribution in [0.2, 0.25) is 0 Å². The number of aromatic nitrogens is 2. The Kier molecular flexibility index (Phi) is 2.74. The number of nitrogens with zero attached hydrogens (tertiary/aromatic N) is 3. The van der Waals surface area contributed by atoms with E-state index in [-0.39, 0.29) is 0 Å². The smallest absolute Gasteiger partial charge is 0.155 e. The lowest BCUT2D eigenvalue weighted by Gasteiger charge is -2.27. The van der Waals surface area contributed by atoms with Crippen molar-refractivity contribution in [1.29, 1.82) is 0 Å². The number of nitrogen functional groups attached to an aromatic ring is 1. The molecule has 1 aliphatic rings. The molecule has 1 fully saturated rings. The second-order valence-corrected chi connectivity index (χ2v) is 5.60. The van der Waals surface area contributed by atoms with Crippen LogP contribution in [0, 0.1) is 11.3 Å². The fraction of sp³-hybridized carbons (Fsp3) is 0.667. The SMILES string of the molecule is CC(C)(C)C1CCN(c2ncncc2N)C1. The third-order valence-electron chi connectivity index (χ3n) is 3.43. The fourth-order valence-corrected chi connectivity index (χ4v) is 2.26. The topological polar surface area (TPSA) is 55.0 Å². The standard InChI is InChI=1S/C12H20N4/c1-12(2,3)9-4-5-16(7-9)11-10(13)6-14-8-15-11/h6,8-9H,4-5,7,13H2,1-3H3. The zero-order valence-electron chi connectivity index (χ0n) is 10.3. The van der Waals surface area contributed by atoms with Crippen LogP contribution in [0.3, 0.4) is 0 Å². The van der Waals surface area contributed by atoms with Gasteiger partial charge < -0.3 is 10.6 Å². The van der Waals surface area contributed by atoms with Gasteiger partial charge in [0.05, 0.1) is 11.9 Å². The van der Waals surface area contributed by atoms with Gasteiger partial charge in [0.15, 0.2) is 5.82 Å². The van der Waals surface area contributed by atoms with Crippen molar-refractivity contribution in [3.05, 3.63) is 12.5 Å². The van der Waals surface area contributed by atoms with Crippen molar-refractivity contribution >= 4 is 11.5 Å². The van der Waals surface area contributed by atoms with E-state index in [1.165, 1.54) is 6.42 Å². The summed E-state index contributed by atoms with van der Waals surface area (Å²) in [5.41, 5.74) is 6.92. The van der Waals surface area contributed by atoms with Crippen LogP contribution in [0.4, 0.5) is 11.5 Å². The van der Waals surface area contributed by atoms with Crippen molar-refractivity contribution in [3.8, 4) is 0 Å². The molecule has 0 aromatic carbocycles. The van der Waals surface area contributed by atoms with Crippen LogP contribution < -0.4 is 10.6 Å². The Morgan fingerprint density at radius 2 is 2.19 bits per heavy atom. The van der Waals surface area contributed by atoms with Gasteiger partial charge in [0.2, 0.25) is 0 Å². The minimum absolute atomic E-state index is 0.358. The fourth-order valence-electron chi connectivity index (χ4n) is 2.26. The molecule has 0 spiro atoms. The Bertz CT molecular complexity index is 370.